The Hall–Kier alpha value is -6.20. The minimum atomic E-state index is -0.0723. The Labute approximate surface area is 273 Å². The van der Waals surface area contributed by atoms with Gasteiger partial charge in [-0.15, -0.1) is 0 Å². The van der Waals surface area contributed by atoms with Crippen molar-refractivity contribution in [2.45, 2.75) is 12.1 Å². The molecule has 5 heteroatoms. The summed E-state index contributed by atoms with van der Waals surface area (Å²) in [6, 6.07) is 52.9. The summed E-state index contributed by atoms with van der Waals surface area (Å²) in [7, 11) is 0. The minimum Gasteiger partial charge on any atom is -0.330 e. The predicted octanol–water partition coefficient (Wildman–Crippen LogP) is 9.97. The molecule has 0 saturated carbocycles. The molecule has 0 N–H and O–H groups in total. The SMILES string of the molecule is C1=NC=NC2c3cc(-c4ccccc4)cc4cccc(c34)N(c3ccc(-c4cc(-c5ccccc5)nc(-c5ccccc5)n4)cc3)C12. The molecule has 0 aliphatic carbocycles. The number of hydrogen-bond donors (Lipinski definition) is 0. The van der Waals surface area contributed by atoms with Crippen molar-refractivity contribution in [3.63, 3.8) is 0 Å². The van der Waals surface area contributed by atoms with Gasteiger partial charge in [0.15, 0.2) is 5.82 Å². The molecule has 2 atom stereocenters. The van der Waals surface area contributed by atoms with Crippen molar-refractivity contribution in [3.05, 3.63) is 157 Å². The smallest absolute Gasteiger partial charge is 0.160 e. The molecule has 1 aromatic heterocycles. The quantitative estimate of drug-likeness (QED) is 0.197. The first-order chi connectivity index (χ1) is 23.3. The maximum atomic E-state index is 5.04. The summed E-state index contributed by atoms with van der Waals surface area (Å²) >= 11 is 0. The summed E-state index contributed by atoms with van der Waals surface area (Å²) < 4.78 is 0. The molecule has 0 fully saturated rings. The fraction of sp³-hybridized carbons (Fsp3) is 0.0476. The van der Waals surface area contributed by atoms with Gasteiger partial charge in [-0.25, -0.2) is 15.0 Å². The monoisotopic (exact) mass is 603 g/mol. The van der Waals surface area contributed by atoms with Crippen LogP contribution in [0.1, 0.15) is 11.6 Å². The number of rotatable bonds is 5. The third-order valence-corrected chi connectivity index (χ3v) is 9.09. The molecule has 0 amide bonds. The van der Waals surface area contributed by atoms with E-state index in [1.54, 1.807) is 6.34 Å². The normalized spacial score (nSPS) is 16.3. The third kappa shape index (κ3) is 4.80. The van der Waals surface area contributed by atoms with E-state index in [9.17, 15) is 0 Å². The van der Waals surface area contributed by atoms with Crippen molar-refractivity contribution >= 4 is 34.7 Å². The topological polar surface area (TPSA) is 53.7 Å². The highest BCUT2D eigenvalue weighted by Gasteiger charge is 2.37. The summed E-state index contributed by atoms with van der Waals surface area (Å²) in [4.78, 5) is 21.8. The number of aliphatic imine (C=N–C) groups is 2. The Morgan fingerprint density at radius 2 is 1.15 bits per heavy atom. The molecule has 0 saturated heterocycles. The number of nitrogens with zero attached hydrogens (tertiary/aromatic N) is 5. The molecule has 6 aromatic carbocycles. The highest BCUT2D eigenvalue weighted by molar-refractivity contribution is 6.05. The van der Waals surface area contributed by atoms with Crippen LogP contribution in [-0.4, -0.2) is 28.6 Å². The van der Waals surface area contributed by atoms with Gasteiger partial charge in [-0.1, -0.05) is 115 Å². The molecular formula is C42H29N5. The van der Waals surface area contributed by atoms with E-state index in [-0.39, 0.29) is 12.1 Å². The van der Waals surface area contributed by atoms with Gasteiger partial charge in [0, 0.05) is 34.0 Å². The van der Waals surface area contributed by atoms with Crippen LogP contribution in [0.25, 0.3) is 55.8 Å². The highest BCUT2D eigenvalue weighted by Crippen LogP contribution is 2.48. The molecule has 2 unspecified atom stereocenters. The second-order valence-electron chi connectivity index (χ2n) is 11.9. The van der Waals surface area contributed by atoms with E-state index < -0.39 is 0 Å². The first-order valence-electron chi connectivity index (χ1n) is 15.9. The molecule has 9 rings (SSSR count). The van der Waals surface area contributed by atoms with Gasteiger partial charge in [0.2, 0.25) is 0 Å². The lowest BCUT2D eigenvalue weighted by molar-refractivity contribution is 0.647. The van der Waals surface area contributed by atoms with Gasteiger partial charge >= 0.3 is 0 Å². The van der Waals surface area contributed by atoms with E-state index >= 15 is 0 Å². The van der Waals surface area contributed by atoms with Crippen LogP contribution < -0.4 is 4.90 Å². The first kappa shape index (κ1) is 27.1. The van der Waals surface area contributed by atoms with Gasteiger partial charge in [-0.2, -0.15) is 0 Å². The van der Waals surface area contributed by atoms with Gasteiger partial charge < -0.3 is 4.90 Å². The van der Waals surface area contributed by atoms with Crippen molar-refractivity contribution in [2.75, 3.05) is 4.90 Å². The number of anilines is 2. The van der Waals surface area contributed by atoms with Crippen LogP contribution in [0.5, 0.6) is 0 Å². The van der Waals surface area contributed by atoms with E-state index in [2.05, 4.69) is 125 Å². The zero-order valence-electron chi connectivity index (χ0n) is 25.5. The van der Waals surface area contributed by atoms with E-state index in [1.165, 1.54) is 27.5 Å². The molecule has 0 spiro atoms. The molecule has 2 aliphatic heterocycles. The van der Waals surface area contributed by atoms with Crippen LogP contribution in [0, 0.1) is 0 Å². The molecule has 2 aliphatic rings. The van der Waals surface area contributed by atoms with Crippen molar-refractivity contribution in [1.29, 1.82) is 0 Å². The Bertz CT molecular complexity index is 2240. The fourth-order valence-electron chi connectivity index (χ4n) is 6.88. The van der Waals surface area contributed by atoms with Crippen LogP contribution in [0.3, 0.4) is 0 Å². The van der Waals surface area contributed by atoms with E-state index in [0.29, 0.717) is 5.82 Å². The fourth-order valence-corrected chi connectivity index (χ4v) is 6.88. The lowest BCUT2D eigenvalue weighted by Crippen LogP contribution is -2.41. The summed E-state index contributed by atoms with van der Waals surface area (Å²) in [5.41, 5.74) is 10.7. The van der Waals surface area contributed by atoms with Crippen LogP contribution in [0.2, 0.25) is 0 Å². The van der Waals surface area contributed by atoms with Gasteiger partial charge in [-0.3, -0.25) is 4.99 Å². The van der Waals surface area contributed by atoms with Gasteiger partial charge in [0.25, 0.3) is 0 Å². The lowest BCUT2D eigenvalue weighted by Gasteiger charge is -2.41. The number of fused-ring (bicyclic) bond motifs is 2. The largest absolute Gasteiger partial charge is 0.330 e. The molecule has 3 heterocycles. The molecule has 47 heavy (non-hydrogen) atoms. The maximum Gasteiger partial charge on any atom is 0.160 e. The standard InChI is InChI=1S/C42H29N5/c1-4-11-28(12-5-1)33-23-32-17-10-18-38-40(32)35(24-33)41-39(26-43-27-44-41)47(38)34-21-19-30(20-22-34)37-25-36(29-13-6-2-7-14-29)45-42(46-37)31-15-8-3-9-16-31/h1-27,39,41H. The third-order valence-electron chi connectivity index (χ3n) is 9.09. The average molecular weight is 604 g/mol. The average Bonchev–Trinajstić information content (AvgIpc) is 3.16. The predicted molar refractivity (Wildman–Crippen MR) is 193 cm³/mol. The Morgan fingerprint density at radius 1 is 0.511 bits per heavy atom. The molecule has 0 radical (unpaired) electrons. The van der Waals surface area contributed by atoms with Gasteiger partial charge in [0.1, 0.15) is 12.4 Å². The number of benzene rings is 6. The van der Waals surface area contributed by atoms with Crippen LogP contribution in [-0.2, 0) is 0 Å². The Morgan fingerprint density at radius 3 is 1.85 bits per heavy atom. The molecular weight excluding hydrogens is 574 g/mol. The number of hydrogen-bond acceptors (Lipinski definition) is 5. The number of aromatic nitrogens is 2. The zero-order valence-corrected chi connectivity index (χ0v) is 25.5. The van der Waals surface area contributed by atoms with Crippen LogP contribution in [0.4, 0.5) is 11.4 Å². The summed E-state index contributed by atoms with van der Waals surface area (Å²) in [6.07, 6.45) is 3.73. The summed E-state index contributed by atoms with van der Waals surface area (Å²) in [5, 5.41) is 2.44. The Balaban J connectivity index is 1.15. The Kier molecular flexibility index (Phi) is 6.53. The zero-order chi connectivity index (χ0) is 31.2. The second-order valence-corrected chi connectivity index (χ2v) is 11.9. The molecule has 0 bridgehead atoms. The van der Waals surface area contributed by atoms with E-state index in [0.717, 1.165) is 39.5 Å². The van der Waals surface area contributed by atoms with Crippen molar-refractivity contribution in [3.8, 4) is 45.0 Å². The highest BCUT2D eigenvalue weighted by atomic mass is 15.2. The van der Waals surface area contributed by atoms with Crippen molar-refractivity contribution in [2.24, 2.45) is 9.98 Å². The summed E-state index contributed by atoms with van der Waals surface area (Å²) in [6.45, 7) is 0. The van der Waals surface area contributed by atoms with Crippen molar-refractivity contribution < 1.29 is 0 Å². The van der Waals surface area contributed by atoms with Gasteiger partial charge in [0.05, 0.1) is 23.1 Å². The second kappa shape index (κ2) is 11.3. The first-order valence-corrected chi connectivity index (χ1v) is 15.9. The molecule has 222 valence electrons. The van der Waals surface area contributed by atoms with Crippen LogP contribution >= 0.6 is 0 Å². The van der Waals surface area contributed by atoms with Crippen LogP contribution in [0.15, 0.2) is 162 Å². The maximum absolute atomic E-state index is 5.04. The van der Waals surface area contributed by atoms with Gasteiger partial charge in [-0.05, 0) is 58.5 Å². The van der Waals surface area contributed by atoms with E-state index in [1.807, 2.05) is 42.6 Å². The van der Waals surface area contributed by atoms with Crippen molar-refractivity contribution in [1.82, 2.24) is 9.97 Å². The molecule has 5 nitrogen and oxygen atoms in total. The lowest BCUT2D eigenvalue weighted by atomic mass is 9.85. The minimum absolute atomic E-state index is 0.0524. The summed E-state index contributed by atoms with van der Waals surface area (Å²) in [5.74, 6) is 0.708. The molecule has 7 aromatic rings. The van der Waals surface area contributed by atoms with E-state index in [4.69, 9.17) is 15.0 Å².